The Hall–Kier alpha value is -2.24. The van der Waals surface area contributed by atoms with Crippen LogP contribution in [0.4, 0.5) is 0 Å². The maximum absolute atomic E-state index is 12.7. The molecule has 0 aromatic carbocycles. The molecule has 2 fully saturated rings. The number of amides is 1. The van der Waals surface area contributed by atoms with Crippen molar-refractivity contribution >= 4 is 5.91 Å². The van der Waals surface area contributed by atoms with E-state index in [4.69, 9.17) is 0 Å². The fourth-order valence-electron chi connectivity index (χ4n) is 3.70. The van der Waals surface area contributed by atoms with Crippen LogP contribution in [0.1, 0.15) is 42.2 Å². The molecule has 4 heterocycles. The summed E-state index contributed by atoms with van der Waals surface area (Å²) in [4.78, 5) is 20.7. The van der Waals surface area contributed by atoms with Crippen LogP contribution in [0.3, 0.4) is 0 Å². The summed E-state index contributed by atoms with van der Waals surface area (Å²) in [6.45, 7) is 0. The number of carbonyl (C=O) groups is 1. The molecule has 6 heteroatoms. The molecule has 6 nitrogen and oxygen atoms in total. The molecule has 2 aliphatic heterocycles. The minimum absolute atomic E-state index is 0.0648. The summed E-state index contributed by atoms with van der Waals surface area (Å²) in [7, 11) is 0. The van der Waals surface area contributed by atoms with E-state index in [0.717, 1.165) is 25.7 Å². The number of hydrogen-bond acceptors (Lipinski definition) is 4. The molecule has 2 atom stereocenters. The highest BCUT2D eigenvalue weighted by Gasteiger charge is 2.44. The monoisotopic (exact) mass is 283 g/mol. The molecular formula is C15H17N5O. The van der Waals surface area contributed by atoms with E-state index in [2.05, 4.69) is 15.2 Å². The first-order valence-corrected chi connectivity index (χ1v) is 7.42. The van der Waals surface area contributed by atoms with Crippen molar-refractivity contribution in [2.75, 3.05) is 0 Å². The maximum Gasteiger partial charge on any atom is 0.272 e. The van der Waals surface area contributed by atoms with Crippen LogP contribution in [-0.2, 0) is 0 Å². The zero-order valence-electron chi connectivity index (χ0n) is 11.7. The smallest absolute Gasteiger partial charge is 0.272 e. The predicted octanol–water partition coefficient (Wildman–Crippen LogP) is 1.68. The molecule has 2 aliphatic rings. The largest absolute Gasteiger partial charge is 0.331 e. The highest BCUT2D eigenvalue weighted by Crippen LogP contribution is 2.40. The lowest BCUT2D eigenvalue weighted by Crippen LogP contribution is -2.47. The number of aromatic nitrogens is 4. The van der Waals surface area contributed by atoms with E-state index in [1.165, 1.54) is 0 Å². The molecule has 2 saturated heterocycles. The van der Waals surface area contributed by atoms with Crippen LogP contribution in [0.25, 0.3) is 0 Å². The average Bonchev–Trinajstić information content (AvgIpc) is 3.14. The van der Waals surface area contributed by atoms with E-state index in [1.807, 2.05) is 17.0 Å². The SMILES string of the molecule is O=C(c1ccccn1)N1C2CCC1CC(n1nccn1)C2. The second kappa shape index (κ2) is 4.95. The summed E-state index contributed by atoms with van der Waals surface area (Å²) in [5.41, 5.74) is 0.546. The Labute approximate surface area is 122 Å². The van der Waals surface area contributed by atoms with Gasteiger partial charge in [0.1, 0.15) is 5.69 Å². The first-order valence-electron chi connectivity index (χ1n) is 7.42. The van der Waals surface area contributed by atoms with Gasteiger partial charge >= 0.3 is 0 Å². The number of hydrogen-bond donors (Lipinski definition) is 0. The lowest BCUT2D eigenvalue weighted by molar-refractivity contribution is 0.0506. The minimum atomic E-state index is 0.0648. The van der Waals surface area contributed by atoms with Gasteiger partial charge in [0.25, 0.3) is 5.91 Å². The molecule has 108 valence electrons. The van der Waals surface area contributed by atoms with Gasteiger partial charge in [0, 0.05) is 18.3 Å². The van der Waals surface area contributed by atoms with Crippen molar-refractivity contribution in [2.45, 2.75) is 43.8 Å². The maximum atomic E-state index is 12.7. The van der Waals surface area contributed by atoms with Crippen LogP contribution in [0.2, 0.25) is 0 Å². The fraction of sp³-hybridized carbons (Fsp3) is 0.467. The second-order valence-electron chi connectivity index (χ2n) is 5.79. The van der Waals surface area contributed by atoms with Crippen molar-refractivity contribution in [1.29, 1.82) is 0 Å². The van der Waals surface area contributed by atoms with Crippen molar-refractivity contribution in [2.24, 2.45) is 0 Å². The molecule has 0 saturated carbocycles. The lowest BCUT2D eigenvalue weighted by atomic mass is 9.97. The van der Waals surface area contributed by atoms with E-state index in [-0.39, 0.29) is 18.0 Å². The first-order chi connectivity index (χ1) is 10.3. The molecule has 0 radical (unpaired) electrons. The number of rotatable bonds is 2. The van der Waals surface area contributed by atoms with Gasteiger partial charge in [-0.05, 0) is 37.8 Å². The Morgan fingerprint density at radius 1 is 1.00 bits per heavy atom. The molecule has 21 heavy (non-hydrogen) atoms. The van der Waals surface area contributed by atoms with E-state index < -0.39 is 0 Å². The third kappa shape index (κ3) is 2.11. The zero-order chi connectivity index (χ0) is 14.2. The number of piperidine rings is 1. The summed E-state index contributed by atoms with van der Waals surface area (Å²) in [5, 5.41) is 8.51. The van der Waals surface area contributed by atoms with E-state index >= 15 is 0 Å². The molecule has 2 bridgehead atoms. The summed E-state index contributed by atoms with van der Waals surface area (Å²) >= 11 is 0. The summed E-state index contributed by atoms with van der Waals surface area (Å²) in [6, 6.07) is 6.38. The normalized spacial score (nSPS) is 27.8. The van der Waals surface area contributed by atoms with Gasteiger partial charge in [-0.2, -0.15) is 15.0 Å². The molecule has 0 aliphatic carbocycles. The van der Waals surface area contributed by atoms with Crippen molar-refractivity contribution in [3.8, 4) is 0 Å². The van der Waals surface area contributed by atoms with Gasteiger partial charge in [0.15, 0.2) is 0 Å². The van der Waals surface area contributed by atoms with Crippen molar-refractivity contribution < 1.29 is 4.79 Å². The van der Waals surface area contributed by atoms with Crippen LogP contribution in [-0.4, -0.2) is 42.9 Å². The predicted molar refractivity (Wildman–Crippen MR) is 75.5 cm³/mol. The van der Waals surface area contributed by atoms with E-state index in [0.29, 0.717) is 11.7 Å². The standard InChI is InChI=1S/C15H17N5O/c21-15(14-3-1-2-6-16-14)19-11-4-5-12(19)10-13(9-11)20-17-7-8-18-20/h1-3,6-8,11-13H,4-5,9-10H2. The lowest BCUT2D eigenvalue weighted by Gasteiger charge is -2.38. The third-order valence-corrected chi connectivity index (χ3v) is 4.59. The molecule has 1 amide bonds. The highest BCUT2D eigenvalue weighted by molar-refractivity contribution is 5.93. The van der Waals surface area contributed by atoms with Crippen molar-refractivity contribution in [1.82, 2.24) is 24.9 Å². The molecule has 2 aromatic heterocycles. The Bertz CT molecular complexity index is 613. The van der Waals surface area contributed by atoms with Gasteiger partial charge in [0.2, 0.25) is 0 Å². The Morgan fingerprint density at radius 3 is 2.33 bits per heavy atom. The number of carbonyl (C=O) groups excluding carboxylic acids is 1. The average molecular weight is 283 g/mol. The molecule has 4 rings (SSSR count). The first kappa shape index (κ1) is 12.5. The Kier molecular flexibility index (Phi) is 2.94. The highest BCUT2D eigenvalue weighted by atomic mass is 16.2. The fourth-order valence-corrected chi connectivity index (χ4v) is 3.70. The van der Waals surface area contributed by atoms with Crippen molar-refractivity contribution in [3.05, 3.63) is 42.5 Å². The van der Waals surface area contributed by atoms with Gasteiger partial charge in [-0.1, -0.05) is 6.07 Å². The molecule has 2 aromatic rings. The number of nitrogens with zero attached hydrogens (tertiary/aromatic N) is 5. The topological polar surface area (TPSA) is 63.9 Å². The van der Waals surface area contributed by atoms with Crippen LogP contribution in [0, 0.1) is 0 Å². The summed E-state index contributed by atoms with van der Waals surface area (Å²) < 4.78 is 0. The number of pyridine rings is 1. The van der Waals surface area contributed by atoms with E-state index in [9.17, 15) is 4.79 Å². The van der Waals surface area contributed by atoms with Crippen LogP contribution in [0.5, 0.6) is 0 Å². The third-order valence-electron chi connectivity index (χ3n) is 4.59. The van der Waals surface area contributed by atoms with Gasteiger partial charge < -0.3 is 4.90 Å². The van der Waals surface area contributed by atoms with Crippen LogP contribution in [0.15, 0.2) is 36.8 Å². The Morgan fingerprint density at radius 2 is 1.71 bits per heavy atom. The van der Waals surface area contributed by atoms with Crippen molar-refractivity contribution in [3.63, 3.8) is 0 Å². The van der Waals surface area contributed by atoms with E-state index in [1.54, 1.807) is 29.5 Å². The molecule has 2 unspecified atom stereocenters. The van der Waals surface area contributed by atoms with Crippen LogP contribution < -0.4 is 0 Å². The zero-order valence-corrected chi connectivity index (χ0v) is 11.7. The molecule has 0 N–H and O–H groups in total. The Balaban J connectivity index is 1.56. The molecule has 0 spiro atoms. The van der Waals surface area contributed by atoms with Gasteiger partial charge in [-0.25, -0.2) is 0 Å². The second-order valence-corrected chi connectivity index (χ2v) is 5.79. The number of fused-ring (bicyclic) bond motifs is 2. The van der Waals surface area contributed by atoms with Crippen LogP contribution >= 0.6 is 0 Å². The quantitative estimate of drug-likeness (QED) is 0.841. The minimum Gasteiger partial charge on any atom is -0.331 e. The van der Waals surface area contributed by atoms with Gasteiger partial charge in [-0.3, -0.25) is 9.78 Å². The summed E-state index contributed by atoms with van der Waals surface area (Å²) in [5.74, 6) is 0.0648. The van der Waals surface area contributed by atoms with Gasteiger partial charge in [0.05, 0.1) is 18.4 Å². The van der Waals surface area contributed by atoms with Gasteiger partial charge in [-0.15, -0.1) is 0 Å². The summed E-state index contributed by atoms with van der Waals surface area (Å²) in [6.07, 6.45) is 9.12. The molecular weight excluding hydrogens is 266 g/mol.